The average Bonchev–Trinajstić information content (AvgIpc) is 3.31. The summed E-state index contributed by atoms with van der Waals surface area (Å²) in [5.41, 5.74) is 6.12. The van der Waals surface area contributed by atoms with E-state index in [-0.39, 0.29) is 5.88 Å². The zero-order chi connectivity index (χ0) is 24.7. The summed E-state index contributed by atoms with van der Waals surface area (Å²) in [6, 6.07) is 37.9. The SMILES string of the molecule is Cc1ccc(COc2cccc(/C=N/c3oc(-c4ccccc4)c(-c4ccccc4)c3C#N)c2)cc1. The molecule has 0 N–H and O–H groups in total. The normalized spacial score (nSPS) is 10.9. The summed E-state index contributed by atoms with van der Waals surface area (Å²) in [5, 5.41) is 10.1. The summed E-state index contributed by atoms with van der Waals surface area (Å²) < 4.78 is 12.2. The molecule has 4 heteroatoms. The Morgan fingerprint density at radius 3 is 2.22 bits per heavy atom. The summed E-state index contributed by atoms with van der Waals surface area (Å²) in [5.74, 6) is 1.65. The zero-order valence-corrected chi connectivity index (χ0v) is 19.9. The molecule has 1 aromatic heterocycles. The minimum atomic E-state index is 0.279. The van der Waals surface area contributed by atoms with E-state index >= 15 is 0 Å². The molecule has 0 amide bonds. The predicted octanol–water partition coefficient (Wildman–Crippen LogP) is 8.12. The molecule has 36 heavy (non-hydrogen) atoms. The van der Waals surface area contributed by atoms with Gasteiger partial charge in [-0.1, -0.05) is 103 Å². The summed E-state index contributed by atoms with van der Waals surface area (Å²) in [6.45, 7) is 2.55. The van der Waals surface area contributed by atoms with Gasteiger partial charge in [0.1, 0.15) is 29.7 Å². The van der Waals surface area contributed by atoms with Gasteiger partial charge in [-0.05, 0) is 35.7 Å². The fraction of sp³-hybridized carbons (Fsp3) is 0.0625. The topological polar surface area (TPSA) is 58.5 Å². The monoisotopic (exact) mass is 468 g/mol. The van der Waals surface area contributed by atoms with Gasteiger partial charge >= 0.3 is 0 Å². The number of nitrogens with zero attached hydrogens (tertiary/aromatic N) is 2. The van der Waals surface area contributed by atoms with Crippen molar-refractivity contribution >= 4 is 12.1 Å². The quantitative estimate of drug-likeness (QED) is 0.227. The highest BCUT2D eigenvalue weighted by Gasteiger charge is 2.22. The van der Waals surface area contributed by atoms with Crippen molar-refractivity contribution in [3.63, 3.8) is 0 Å². The van der Waals surface area contributed by atoms with Crippen LogP contribution in [0.3, 0.4) is 0 Å². The molecule has 174 valence electrons. The highest BCUT2D eigenvalue weighted by molar-refractivity contribution is 5.90. The lowest BCUT2D eigenvalue weighted by atomic mass is 9.98. The van der Waals surface area contributed by atoms with Crippen LogP contribution in [0.4, 0.5) is 5.88 Å². The third-order valence-electron chi connectivity index (χ3n) is 5.81. The lowest BCUT2D eigenvalue weighted by molar-refractivity contribution is 0.306. The molecular weight excluding hydrogens is 444 g/mol. The van der Waals surface area contributed by atoms with Gasteiger partial charge in [0.25, 0.3) is 0 Å². The molecule has 0 aliphatic rings. The first kappa shape index (κ1) is 22.9. The summed E-state index contributed by atoms with van der Waals surface area (Å²) in [7, 11) is 0. The first-order chi connectivity index (χ1) is 17.7. The minimum absolute atomic E-state index is 0.279. The number of aryl methyl sites for hydroxylation is 1. The molecule has 5 aromatic rings. The average molecular weight is 469 g/mol. The Morgan fingerprint density at radius 1 is 0.833 bits per heavy atom. The van der Waals surface area contributed by atoms with Crippen molar-refractivity contribution in [3.8, 4) is 34.3 Å². The smallest absolute Gasteiger partial charge is 0.238 e. The molecule has 0 fully saturated rings. The molecule has 0 saturated heterocycles. The first-order valence-electron chi connectivity index (χ1n) is 11.7. The van der Waals surface area contributed by atoms with Gasteiger partial charge < -0.3 is 9.15 Å². The number of hydrogen-bond acceptors (Lipinski definition) is 4. The van der Waals surface area contributed by atoms with Gasteiger partial charge in [-0.15, -0.1) is 0 Å². The van der Waals surface area contributed by atoms with Gasteiger partial charge in [-0.25, -0.2) is 4.99 Å². The second kappa shape index (κ2) is 10.6. The van der Waals surface area contributed by atoms with Crippen molar-refractivity contribution in [1.82, 2.24) is 0 Å². The van der Waals surface area contributed by atoms with Crippen molar-refractivity contribution in [3.05, 3.63) is 131 Å². The fourth-order valence-corrected chi connectivity index (χ4v) is 3.96. The van der Waals surface area contributed by atoms with Crippen LogP contribution in [0.5, 0.6) is 5.75 Å². The number of hydrogen-bond donors (Lipinski definition) is 0. The Labute approximate surface area is 210 Å². The second-order valence-corrected chi connectivity index (χ2v) is 8.44. The minimum Gasteiger partial charge on any atom is -0.489 e. The predicted molar refractivity (Wildman–Crippen MR) is 144 cm³/mol. The Kier molecular flexibility index (Phi) is 6.73. The van der Waals surface area contributed by atoms with E-state index in [1.807, 2.05) is 84.9 Å². The number of furan rings is 1. The van der Waals surface area contributed by atoms with E-state index in [0.29, 0.717) is 17.9 Å². The number of rotatable bonds is 7. The van der Waals surface area contributed by atoms with E-state index in [1.54, 1.807) is 6.21 Å². The molecule has 0 spiro atoms. The van der Waals surface area contributed by atoms with Crippen LogP contribution in [0.1, 0.15) is 22.3 Å². The Balaban J connectivity index is 1.45. The molecule has 0 atom stereocenters. The van der Waals surface area contributed by atoms with Gasteiger partial charge in [-0.2, -0.15) is 5.26 Å². The number of nitriles is 1. The third kappa shape index (κ3) is 5.11. The van der Waals surface area contributed by atoms with Crippen LogP contribution >= 0.6 is 0 Å². The molecule has 5 rings (SSSR count). The molecule has 0 unspecified atom stereocenters. The van der Waals surface area contributed by atoms with E-state index in [2.05, 4.69) is 42.3 Å². The molecular formula is C32H24N2O2. The molecule has 4 nitrogen and oxygen atoms in total. The van der Waals surface area contributed by atoms with Crippen LogP contribution < -0.4 is 4.74 Å². The van der Waals surface area contributed by atoms with Crippen molar-refractivity contribution in [2.24, 2.45) is 4.99 Å². The summed E-state index contributed by atoms with van der Waals surface area (Å²) in [4.78, 5) is 4.58. The van der Waals surface area contributed by atoms with E-state index < -0.39 is 0 Å². The highest BCUT2D eigenvalue weighted by atomic mass is 16.5. The van der Waals surface area contributed by atoms with Gasteiger partial charge in [-0.3, -0.25) is 0 Å². The van der Waals surface area contributed by atoms with Crippen LogP contribution in [0.25, 0.3) is 22.5 Å². The number of aliphatic imine (C=N–C) groups is 1. The molecule has 0 aliphatic heterocycles. The Morgan fingerprint density at radius 2 is 1.53 bits per heavy atom. The van der Waals surface area contributed by atoms with Crippen LogP contribution in [0, 0.1) is 18.3 Å². The van der Waals surface area contributed by atoms with Crippen molar-refractivity contribution < 1.29 is 9.15 Å². The molecule has 0 saturated carbocycles. The second-order valence-electron chi connectivity index (χ2n) is 8.44. The molecule has 0 radical (unpaired) electrons. The van der Waals surface area contributed by atoms with E-state index in [9.17, 15) is 5.26 Å². The lowest BCUT2D eigenvalue weighted by Crippen LogP contribution is -1.96. The van der Waals surface area contributed by atoms with Gasteiger partial charge in [0.2, 0.25) is 5.88 Å². The maximum absolute atomic E-state index is 10.1. The highest BCUT2D eigenvalue weighted by Crippen LogP contribution is 2.42. The van der Waals surface area contributed by atoms with E-state index in [0.717, 1.165) is 33.6 Å². The zero-order valence-electron chi connectivity index (χ0n) is 19.9. The van der Waals surface area contributed by atoms with E-state index in [4.69, 9.17) is 9.15 Å². The number of benzene rings is 4. The van der Waals surface area contributed by atoms with Gasteiger partial charge in [0.15, 0.2) is 0 Å². The molecule has 1 heterocycles. The maximum Gasteiger partial charge on any atom is 0.238 e. The van der Waals surface area contributed by atoms with Gasteiger partial charge in [0, 0.05) is 17.3 Å². The van der Waals surface area contributed by atoms with E-state index in [1.165, 1.54) is 5.56 Å². The first-order valence-corrected chi connectivity index (χ1v) is 11.7. The largest absolute Gasteiger partial charge is 0.489 e. The molecule has 0 aliphatic carbocycles. The van der Waals surface area contributed by atoms with Crippen molar-refractivity contribution in [2.45, 2.75) is 13.5 Å². The van der Waals surface area contributed by atoms with Crippen LogP contribution in [-0.2, 0) is 6.61 Å². The van der Waals surface area contributed by atoms with Crippen molar-refractivity contribution in [2.75, 3.05) is 0 Å². The van der Waals surface area contributed by atoms with Crippen LogP contribution in [0.15, 0.2) is 119 Å². The maximum atomic E-state index is 10.1. The van der Waals surface area contributed by atoms with Gasteiger partial charge in [0.05, 0.1) is 0 Å². The fourth-order valence-electron chi connectivity index (χ4n) is 3.96. The van der Waals surface area contributed by atoms with Crippen LogP contribution in [0.2, 0.25) is 0 Å². The van der Waals surface area contributed by atoms with Crippen molar-refractivity contribution in [1.29, 1.82) is 5.26 Å². The third-order valence-corrected chi connectivity index (χ3v) is 5.81. The Hall–Kier alpha value is -4.88. The standard InChI is InChI=1S/C32H24N2O2/c1-23-15-17-24(18-16-23)22-35-28-14-8-9-25(19-28)21-34-32-29(20-33)30(26-10-4-2-5-11-26)31(36-32)27-12-6-3-7-13-27/h2-19,21H,22H2,1H3/b34-21+. The van der Waals surface area contributed by atoms with Crippen LogP contribution in [-0.4, -0.2) is 6.21 Å². The lowest BCUT2D eigenvalue weighted by Gasteiger charge is -2.07. The summed E-state index contributed by atoms with van der Waals surface area (Å²) >= 11 is 0. The summed E-state index contributed by atoms with van der Waals surface area (Å²) in [6.07, 6.45) is 1.70. The molecule has 0 bridgehead atoms. The Bertz CT molecular complexity index is 1530. The molecule has 4 aromatic carbocycles. The number of ether oxygens (including phenoxy) is 1.